The monoisotopic (exact) mass is 470 g/mol. The molecule has 1 aromatic heterocycles. The zero-order valence-electron chi connectivity index (χ0n) is 17.5. The number of rotatable bonds is 5. The van der Waals surface area contributed by atoms with Gasteiger partial charge in [0, 0.05) is 40.8 Å². The standard InChI is InChI=1S/C19H23ClN2O4.2CH2O2/c1-2-5-19(18(25)26)6-7-22(11-17(19)24)10-13-9-16(23)14-8-12(20)3-4-15(14)21-13;2*2-1-3/h3-4,8-9,17,24H,2,5-7,10-11H2,1H3,(H,21,23)(H,25,26);2*1H,(H,2,3)/t17-,19+;;/m1../s1. The minimum absolute atomic E-state index is 0.111. The molecule has 0 spiro atoms. The predicted octanol–water partition coefficient (Wildman–Crippen LogP) is 2.02. The second-order valence-electron chi connectivity index (χ2n) is 7.27. The molecule has 2 atom stereocenters. The van der Waals surface area contributed by atoms with Crippen molar-refractivity contribution in [2.24, 2.45) is 5.41 Å². The molecule has 0 aliphatic carbocycles. The van der Waals surface area contributed by atoms with Gasteiger partial charge in [0.1, 0.15) is 0 Å². The molecular formula is C21H27ClN2O8. The van der Waals surface area contributed by atoms with Crippen LogP contribution in [-0.2, 0) is 20.9 Å². The molecule has 5 N–H and O–H groups in total. The van der Waals surface area contributed by atoms with E-state index in [0.29, 0.717) is 48.3 Å². The number of nitrogens with zero attached hydrogens (tertiary/aromatic N) is 1. The number of nitrogens with one attached hydrogen (secondary N) is 1. The number of carbonyl (C=O) groups is 3. The van der Waals surface area contributed by atoms with Gasteiger partial charge >= 0.3 is 5.97 Å². The summed E-state index contributed by atoms with van der Waals surface area (Å²) in [6, 6.07) is 6.66. The van der Waals surface area contributed by atoms with Gasteiger partial charge in [-0.15, -0.1) is 0 Å². The van der Waals surface area contributed by atoms with Crippen LogP contribution in [0.15, 0.2) is 29.1 Å². The third-order valence-corrected chi connectivity index (χ3v) is 5.54. The van der Waals surface area contributed by atoms with Gasteiger partial charge in [0.25, 0.3) is 12.9 Å². The van der Waals surface area contributed by atoms with Crippen molar-refractivity contribution in [1.82, 2.24) is 9.88 Å². The van der Waals surface area contributed by atoms with Crippen LogP contribution in [0.3, 0.4) is 0 Å². The summed E-state index contributed by atoms with van der Waals surface area (Å²) in [6.45, 7) is 2.71. The number of fused-ring (bicyclic) bond motifs is 1. The molecule has 0 radical (unpaired) electrons. The first-order valence-electron chi connectivity index (χ1n) is 9.80. The molecule has 1 fully saturated rings. The highest BCUT2D eigenvalue weighted by Crippen LogP contribution is 2.37. The number of benzene rings is 1. The Bertz CT molecular complexity index is 974. The van der Waals surface area contributed by atoms with Gasteiger partial charge in [-0.25, -0.2) is 0 Å². The first-order valence-corrected chi connectivity index (χ1v) is 10.2. The summed E-state index contributed by atoms with van der Waals surface area (Å²) in [6.07, 6.45) is 0.638. The number of hydrogen-bond acceptors (Lipinski definition) is 6. The second kappa shape index (κ2) is 12.8. The van der Waals surface area contributed by atoms with Gasteiger partial charge in [0.2, 0.25) is 0 Å². The topological polar surface area (TPSA) is 168 Å². The molecule has 3 rings (SSSR count). The summed E-state index contributed by atoms with van der Waals surface area (Å²) in [5.74, 6) is -0.928. The lowest BCUT2D eigenvalue weighted by molar-refractivity contribution is -0.164. The van der Waals surface area contributed by atoms with Crippen molar-refractivity contribution in [3.8, 4) is 0 Å². The number of hydrogen-bond donors (Lipinski definition) is 5. The summed E-state index contributed by atoms with van der Waals surface area (Å²) in [7, 11) is 0. The lowest BCUT2D eigenvalue weighted by Gasteiger charge is -2.42. The van der Waals surface area contributed by atoms with Gasteiger partial charge in [-0.2, -0.15) is 0 Å². The highest BCUT2D eigenvalue weighted by molar-refractivity contribution is 6.31. The fraction of sp³-hybridized carbons (Fsp3) is 0.429. The Kier molecular flexibility index (Phi) is 10.8. The number of aliphatic hydroxyl groups excluding tert-OH is 1. The number of halogens is 1. The van der Waals surface area contributed by atoms with E-state index in [1.807, 2.05) is 11.8 Å². The van der Waals surface area contributed by atoms with E-state index >= 15 is 0 Å². The average molecular weight is 471 g/mol. The van der Waals surface area contributed by atoms with Crippen molar-refractivity contribution in [2.75, 3.05) is 13.1 Å². The second-order valence-corrected chi connectivity index (χ2v) is 7.71. The first-order chi connectivity index (χ1) is 15.2. The van der Waals surface area contributed by atoms with E-state index < -0.39 is 17.5 Å². The summed E-state index contributed by atoms with van der Waals surface area (Å²) in [5, 5.41) is 34.9. The van der Waals surface area contributed by atoms with Gasteiger partial charge in [0.15, 0.2) is 5.43 Å². The van der Waals surface area contributed by atoms with Crippen LogP contribution in [0, 0.1) is 5.41 Å². The van der Waals surface area contributed by atoms with Gasteiger partial charge in [-0.05, 0) is 37.6 Å². The van der Waals surface area contributed by atoms with Crippen LogP contribution in [0.4, 0.5) is 0 Å². The molecule has 10 nitrogen and oxygen atoms in total. The Labute approximate surface area is 189 Å². The van der Waals surface area contributed by atoms with E-state index in [1.54, 1.807) is 18.2 Å². The highest BCUT2D eigenvalue weighted by Gasteiger charge is 2.47. The Balaban J connectivity index is 0.000000769. The van der Waals surface area contributed by atoms with Gasteiger partial charge < -0.3 is 25.4 Å². The molecule has 2 aromatic rings. The number of carboxylic acid groups (broad SMARTS) is 3. The van der Waals surface area contributed by atoms with Crippen LogP contribution in [0.1, 0.15) is 31.9 Å². The van der Waals surface area contributed by atoms with Crippen molar-refractivity contribution < 1.29 is 34.8 Å². The third kappa shape index (κ3) is 6.78. The van der Waals surface area contributed by atoms with Crippen molar-refractivity contribution in [2.45, 2.75) is 38.8 Å². The van der Waals surface area contributed by atoms with Crippen LogP contribution in [0.25, 0.3) is 10.9 Å². The number of piperidine rings is 1. The van der Waals surface area contributed by atoms with Gasteiger partial charge in [-0.3, -0.25) is 24.1 Å². The van der Waals surface area contributed by atoms with Gasteiger partial charge in [0.05, 0.1) is 11.5 Å². The molecular weight excluding hydrogens is 444 g/mol. The number of aromatic amines is 1. The minimum Gasteiger partial charge on any atom is -0.483 e. The zero-order valence-corrected chi connectivity index (χ0v) is 18.3. The summed E-state index contributed by atoms with van der Waals surface area (Å²) < 4.78 is 0. The molecule has 1 aliphatic rings. The minimum atomic E-state index is -1.07. The average Bonchev–Trinajstić information content (AvgIpc) is 2.72. The summed E-state index contributed by atoms with van der Waals surface area (Å²) in [5.41, 5.74) is 0.258. The van der Waals surface area contributed by atoms with Crippen molar-refractivity contribution in [3.63, 3.8) is 0 Å². The molecule has 2 heterocycles. The van der Waals surface area contributed by atoms with E-state index in [-0.39, 0.29) is 24.9 Å². The van der Waals surface area contributed by atoms with E-state index in [0.717, 1.165) is 5.69 Å². The molecule has 0 amide bonds. The number of aromatic nitrogens is 1. The number of β-amino-alcohol motifs (C(OH)–C–C–N with tert-alkyl or cyclic N) is 1. The lowest BCUT2D eigenvalue weighted by atomic mass is 9.73. The molecule has 1 saturated heterocycles. The Morgan fingerprint density at radius 1 is 1.28 bits per heavy atom. The van der Waals surface area contributed by atoms with E-state index in [2.05, 4.69) is 4.98 Å². The Morgan fingerprint density at radius 2 is 1.91 bits per heavy atom. The number of likely N-dealkylation sites (tertiary alicyclic amines) is 1. The normalized spacial score (nSPS) is 20.3. The fourth-order valence-electron chi connectivity index (χ4n) is 3.87. The van der Waals surface area contributed by atoms with Crippen molar-refractivity contribution in [1.29, 1.82) is 0 Å². The Hall–Kier alpha value is -2.95. The zero-order chi connectivity index (χ0) is 24.3. The maximum Gasteiger partial charge on any atom is 0.312 e. The molecule has 0 unspecified atom stereocenters. The molecule has 1 aromatic carbocycles. The predicted molar refractivity (Wildman–Crippen MR) is 118 cm³/mol. The summed E-state index contributed by atoms with van der Waals surface area (Å²) >= 11 is 5.94. The van der Waals surface area contributed by atoms with Crippen molar-refractivity contribution >= 4 is 41.4 Å². The SMILES string of the molecule is CCC[C@]1(C(=O)O)CCN(Cc2cc(=O)c3cc(Cl)ccc3[nH]2)C[C@H]1O.O=CO.O=CO. The van der Waals surface area contributed by atoms with Crippen LogP contribution in [0.2, 0.25) is 5.02 Å². The molecule has 0 bridgehead atoms. The molecule has 32 heavy (non-hydrogen) atoms. The largest absolute Gasteiger partial charge is 0.483 e. The number of aliphatic hydroxyl groups is 1. The maximum atomic E-state index is 12.3. The lowest BCUT2D eigenvalue weighted by Crippen LogP contribution is -2.54. The van der Waals surface area contributed by atoms with Crippen molar-refractivity contribution in [3.05, 3.63) is 45.2 Å². The van der Waals surface area contributed by atoms with E-state index in [4.69, 9.17) is 31.4 Å². The van der Waals surface area contributed by atoms with Crippen LogP contribution >= 0.6 is 11.6 Å². The van der Waals surface area contributed by atoms with Crippen LogP contribution in [-0.4, -0.2) is 68.4 Å². The molecule has 1 aliphatic heterocycles. The number of carboxylic acids is 1. The van der Waals surface area contributed by atoms with Crippen LogP contribution in [0.5, 0.6) is 0 Å². The fourth-order valence-corrected chi connectivity index (χ4v) is 4.05. The number of pyridine rings is 1. The molecule has 0 saturated carbocycles. The third-order valence-electron chi connectivity index (χ3n) is 5.31. The molecule has 176 valence electrons. The highest BCUT2D eigenvalue weighted by atomic mass is 35.5. The number of H-pyrrole nitrogens is 1. The van der Waals surface area contributed by atoms with Crippen LogP contribution < -0.4 is 5.43 Å². The maximum absolute atomic E-state index is 12.3. The number of aliphatic carboxylic acids is 1. The van der Waals surface area contributed by atoms with E-state index in [1.165, 1.54) is 6.07 Å². The van der Waals surface area contributed by atoms with Gasteiger partial charge in [-0.1, -0.05) is 24.9 Å². The quantitative estimate of drug-likeness (QED) is 0.410. The Morgan fingerprint density at radius 3 is 2.44 bits per heavy atom. The summed E-state index contributed by atoms with van der Waals surface area (Å²) in [4.78, 5) is 46.0. The smallest absolute Gasteiger partial charge is 0.312 e. The first kappa shape index (κ1) is 27.1. The molecule has 11 heteroatoms. The van der Waals surface area contributed by atoms with E-state index in [9.17, 15) is 19.8 Å².